The van der Waals surface area contributed by atoms with Crippen molar-refractivity contribution in [2.45, 2.75) is 32.2 Å². The standard InChI is InChI=1S/C12H19ClN4O3S/c13-10-7-16-17(8-9-3-1-4-9)12(18)11(10)15-5-2-6-21(14,19)20/h7,9,15H,1-6,8H2,(H2,14,19,20). The minimum absolute atomic E-state index is 0.140. The zero-order chi connectivity index (χ0) is 15.5. The summed E-state index contributed by atoms with van der Waals surface area (Å²) in [5.74, 6) is 0.366. The van der Waals surface area contributed by atoms with Gasteiger partial charge in [0.05, 0.1) is 17.0 Å². The number of sulfonamides is 1. The van der Waals surface area contributed by atoms with Gasteiger partial charge < -0.3 is 5.32 Å². The fraction of sp³-hybridized carbons (Fsp3) is 0.667. The molecule has 0 amide bonds. The second-order valence-electron chi connectivity index (χ2n) is 5.30. The summed E-state index contributed by atoms with van der Waals surface area (Å²) in [6.45, 7) is 0.903. The lowest BCUT2D eigenvalue weighted by Crippen LogP contribution is -2.31. The Kier molecular flexibility index (Phi) is 5.23. The molecule has 3 N–H and O–H groups in total. The van der Waals surface area contributed by atoms with Crippen LogP contribution in [-0.2, 0) is 16.6 Å². The number of primary sulfonamides is 1. The van der Waals surface area contributed by atoms with Gasteiger partial charge in [-0.25, -0.2) is 18.2 Å². The van der Waals surface area contributed by atoms with E-state index < -0.39 is 10.0 Å². The van der Waals surface area contributed by atoms with Gasteiger partial charge in [-0.1, -0.05) is 18.0 Å². The van der Waals surface area contributed by atoms with Crippen LogP contribution >= 0.6 is 11.6 Å². The van der Waals surface area contributed by atoms with Gasteiger partial charge >= 0.3 is 0 Å². The Bertz CT molecular complexity index is 655. The topological polar surface area (TPSA) is 107 Å². The van der Waals surface area contributed by atoms with Gasteiger partial charge in [0.15, 0.2) is 0 Å². The lowest BCUT2D eigenvalue weighted by Gasteiger charge is -2.25. The smallest absolute Gasteiger partial charge is 0.291 e. The van der Waals surface area contributed by atoms with Gasteiger partial charge in [-0.15, -0.1) is 0 Å². The van der Waals surface area contributed by atoms with Crippen molar-refractivity contribution in [2.24, 2.45) is 11.1 Å². The Balaban J connectivity index is 2.00. The Hall–Kier alpha value is -1.12. The number of nitrogens with zero attached hydrogens (tertiary/aromatic N) is 2. The van der Waals surface area contributed by atoms with Crippen molar-refractivity contribution in [3.05, 3.63) is 21.6 Å². The number of aromatic nitrogens is 2. The van der Waals surface area contributed by atoms with Crippen molar-refractivity contribution >= 4 is 27.3 Å². The molecule has 118 valence electrons. The van der Waals surface area contributed by atoms with E-state index in [1.165, 1.54) is 17.3 Å². The predicted octanol–water partition coefficient (Wildman–Crippen LogP) is 0.787. The maximum absolute atomic E-state index is 12.3. The molecule has 0 saturated heterocycles. The van der Waals surface area contributed by atoms with Crippen molar-refractivity contribution in [1.29, 1.82) is 0 Å². The molecule has 21 heavy (non-hydrogen) atoms. The van der Waals surface area contributed by atoms with Crippen LogP contribution in [0.4, 0.5) is 5.69 Å². The molecular formula is C12H19ClN4O3S. The molecule has 0 aromatic carbocycles. The molecule has 7 nitrogen and oxygen atoms in total. The Morgan fingerprint density at radius 1 is 1.48 bits per heavy atom. The zero-order valence-electron chi connectivity index (χ0n) is 11.6. The highest BCUT2D eigenvalue weighted by molar-refractivity contribution is 7.89. The van der Waals surface area contributed by atoms with Crippen molar-refractivity contribution < 1.29 is 8.42 Å². The van der Waals surface area contributed by atoms with E-state index in [0.29, 0.717) is 25.4 Å². The van der Waals surface area contributed by atoms with Crippen LogP contribution in [0.25, 0.3) is 0 Å². The molecule has 1 aliphatic rings. The van der Waals surface area contributed by atoms with Crippen LogP contribution in [0.3, 0.4) is 0 Å². The van der Waals surface area contributed by atoms with E-state index in [-0.39, 0.29) is 22.0 Å². The van der Waals surface area contributed by atoms with E-state index in [4.69, 9.17) is 16.7 Å². The Morgan fingerprint density at radius 3 is 2.76 bits per heavy atom. The number of halogens is 1. The number of hydrogen-bond donors (Lipinski definition) is 2. The molecule has 0 aliphatic heterocycles. The highest BCUT2D eigenvalue weighted by Crippen LogP contribution is 2.27. The van der Waals surface area contributed by atoms with E-state index in [1.807, 2.05) is 0 Å². The van der Waals surface area contributed by atoms with E-state index in [2.05, 4.69) is 10.4 Å². The van der Waals surface area contributed by atoms with Crippen LogP contribution in [0.5, 0.6) is 0 Å². The second-order valence-corrected chi connectivity index (χ2v) is 7.44. The van der Waals surface area contributed by atoms with Crippen LogP contribution in [0.15, 0.2) is 11.0 Å². The van der Waals surface area contributed by atoms with Crippen LogP contribution in [-0.4, -0.2) is 30.5 Å². The summed E-state index contributed by atoms with van der Waals surface area (Å²) in [6.07, 6.45) is 5.18. The molecule has 2 rings (SSSR count). The van der Waals surface area contributed by atoms with Gasteiger partial charge in [-0.3, -0.25) is 4.79 Å². The molecule has 0 radical (unpaired) electrons. The van der Waals surface area contributed by atoms with Crippen molar-refractivity contribution in [1.82, 2.24) is 9.78 Å². The summed E-state index contributed by atoms with van der Waals surface area (Å²) in [5.41, 5.74) is -0.00887. The van der Waals surface area contributed by atoms with Crippen molar-refractivity contribution in [2.75, 3.05) is 17.6 Å². The number of rotatable bonds is 7. The van der Waals surface area contributed by atoms with Crippen LogP contribution in [0.2, 0.25) is 5.02 Å². The third-order valence-electron chi connectivity index (χ3n) is 3.56. The molecule has 1 heterocycles. The first-order chi connectivity index (χ1) is 9.87. The summed E-state index contributed by atoms with van der Waals surface area (Å²) in [7, 11) is -3.49. The third kappa shape index (κ3) is 4.69. The van der Waals surface area contributed by atoms with Gasteiger partial charge in [-0.2, -0.15) is 5.10 Å². The maximum Gasteiger partial charge on any atom is 0.291 e. The van der Waals surface area contributed by atoms with E-state index in [9.17, 15) is 13.2 Å². The fourth-order valence-electron chi connectivity index (χ4n) is 2.17. The van der Waals surface area contributed by atoms with E-state index in [0.717, 1.165) is 12.8 Å². The maximum atomic E-state index is 12.3. The van der Waals surface area contributed by atoms with Gasteiger partial charge in [-0.05, 0) is 25.2 Å². The summed E-state index contributed by atoms with van der Waals surface area (Å²) < 4.78 is 23.1. The fourth-order valence-corrected chi connectivity index (χ4v) is 2.90. The average molecular weight is 335 g/mol. The highest BCUT2D eigenvalue weighted by atomic mass is 35.5. The van der Waals surface area contributed by atoms with E-state index in [1.54, 1.807) is 0 Å². The van der Waals surface area contributed by atoms with Gasteiger partial charge in [0.2, 0.25) is 10.0 Å². The number of hydrogen-bond acceptors (Lipinski definition) is 5. The molecule has 0 atom stereocenters. The summed E-state index contributed by atoms with van der Waals surface area (Å²) in [6, 6.07) is 0. The lowest BCUT2D eigenvalue weighted by molar-refractivity contribution is 0.262. The molecule has 1 aromatic heterocycles. The normalized spacial score (nSPS) is 15.7. The monoisotopic (exact) mass is 334 g/mol. The minimum Gasteiger partial charge on any atom is -0.379 e. The number of anilines is 1. The van der Waals surface area contributed by atoms with Gasteiger partial charge in [0.25, 0.3) is 5.56 Å². The predicted molar refractivity (Wildman–Crippen MR) is 81.9 cm³/mol. The van der Waals surface area contributed by atoms with Crippen molar-refractivity contribution in [3.63, 3.8) is 0 Å². The average Bonchev–Trinajstić information content (AvgIpc) is 2.33. The first-order valence-electron chi connectivity index (χ1n) is 6.87. The summed E-state index contributed by atoms with van der Waals surface area (Å²) in [4.78, 5) is 12.3. The largest absolute Gasteiger partial charge is 0.379 e. The molecule has 1 aliphatic carbocycles. The third-order valence-corrected chi connectivity index (χ3v) is 4.71. The molecule has 1 aromatic rings. The highest BCUT2D eigenvalue weighted by Gasteiger charge is 2.20. The SMILES string of the molecule is NS(=O)(=O)CCCNc1c(Cl)cnn(CC2CCC2)c1=O. The Morgan fingerprint density at radius 2 is 2.19 bits per heavy atom. The number of nitrogens with one attached hydrogen (secondary N) is 1. The van der Waals surface area contributed by atoms with E-state index >= 15 is 0 Å². The molecule has 1 fully saturated rings. The van der Waals surface area contributed by atoms with Crippen LogP contribution in [0, 0.1) is 5.92 Å². The zero-order valence-corrected chi connectivity index (χ0v) is 13.2. The molecule has 0 bridgehead atoms. The second kappa shape index (κ2) is 6.76. The first kappa shape index (κ1) is 16.3. The first-order valence-corrected chi connectivity index (χ1v) is 8.96. The molecule has 0 spiro atoms. The van der Waals surface area contributed by atoms with Gasteiger partial charge in [0, 0.05) is 13.1 Å². The van der Waals surface area contributed by atoms with Gasteiger partial charge in [0.1, 0.15) is 5.69 Å². The Labute approximate surface area is 128 Å². The molecule has 1 saturated carbocycles. The summed E-state index contributed by atoms with van der Waals surface area (Å²) >= 11 is 5.97. The quantitative estimate of drug-likeness (QED) is 0.717. The molecular weight excluding hydrogens is 316 g/mol. The van der Waals surface area contributed by atoms with Crippen LogP contribution in [0.1, 0.15) is 25.7 Å². The van der Waals surface area contributed by atoms with Crippen LogP contribution < -0.4 is 16.0 Å². The molecule has 9 heteroatoms. The number of nitrogens with two attached hydrogens (primary N) is 1. The van der Waals surface area contributed by atoms with Crippen molar-refractivity contribution in [3.8, 4) is 0 Å². The molecule has 0 unspecified atom stereocenters. The summed E-state index contributed by atoms with van der Waals surface area (Å²) in [5, 5.41) is 12.1. The minimum atomic E-state index is -3.49. The lowest BCUT2D eigenvalue weighted by atomic mass is 9.85.